The highest BCUT2D eigenvalue weighted by Gasteiger charge is 2.47. The number of likely N-dealkylation sites (N-methyl/N-ethyl adjacent to an activating group) is 1. The number of nitrogens with zero attached hydrogens (tertiary/aromatic N) is 1. The molecule has 1 spiro atoms. The second-order valence-corrected chi connectivity index (χ2v) is 6.63. The smallest absolute Gasteiger partial charge is 0.0748 e. The molecule has 1 aliphatic heterocycles. The maximum Gasteiger partial charge on any atom is 0.0748 e. The summed E-state index contributed by atoms with van der Waals surface area (Å²) in [6.45, 7) is 5.08. The molecule has 1 heterocycles. The molecule has 3 heteroatoms. The first-order chi connectivity index (χ1) is 7.87. The SMILES string of the molecule is CN(C)C(C)(C)C(O)C1CCOC2(CCC2)C1. The van der Waals surface area contributed by atoms with Gasteiger partial charge in [-0.3, -0.25) is 0 Å². The molecular formula is C14H27NO2. The van der Waals surface area contributed by atoms with Crippen LogP contribution in [0.25, 0.3) is 0 Å². The number of ether oxygens (including phenoxy) is 1. The van der Waals surface area contributed by atoms with Crippen molar-refractivity contribution in [3.63, 3.8) is 0 Å². The highest BCUT2D eigenvalue weighted by molar-refractivity contribution is 4.99. The van der Waals surface area contributed by atoms with E-state index in [2.05, 4.69) is 18.7 Å². The Kier molecular flexibility index (Phi) is 3.54. The summed E-state index contributed by atoms with van der Waals surface area (Å²) in [6.07, 6.45) is 5.46. The maximum absolute atomic E-state index is 10.6. The third-order valence-electron chi connectivity index (χ3n) is 5.12. The van der Waals surface area contributed by atoms with Crippen LogP contribution in [0.15, 0.2) is 0 Å². The van der Waals surface area contributed by atoms with Gasteiger partial charge in [0.15, 0.2) is 0 Å². The van der Waals surface area contributed by atoms with Crippen molar-refractivity contribution < 1.29 is 9.84 Å². The van der Waals surface area contributed by atoms with E-state index in [-0.39, 0.29) is 17.2 Å². The summed E-state index contributed by atoms with van der Waals surface area (Å²) >= 11 is 0. The van der Waals surface area contributed by atoms with Crippen molar-refractivity contribution in [2.24, 2.45) is 5.92 Å². The van der Waals surface area contributed by atoms with E-state index in [9.17, 15) is 5.11 Å². The van der Waals surface area contributed by atoms with Crippen LogP contribution in [0.5, 0.6) is 0 Å². The van der Waals surface area contributed by atoms with Crippen molar-refractivity contribution in [3.8, 4) is 0 Å². The predicted molar refractivity (Wildman–Crippen MR) is 69.0 cm³/mol. The molecule has 0 bridgehead atoms. The van der Waals surface area contributed by atoms with E-state index in [4.69, 9.17) is 4.74 Å². The lowest BCUT2D eigenvalue weighted by molar-refractivity contribution is -0.167. The van der Waals surface area contributed by atoms with Gasteiger partial charge in [-0.05, 0) is 66.0 Å². The van der Waals surface area contributed by atoms with E-state index in [1.807, 2.05) is 14.1 Å². The van der Waals surface area contributed by atoms with Gasteiger partial charge < -0.3 is 14.7 Å². The van der Waals surface area contributed by atoms with Crippen LogP contribution in [-0.2, 0) is 4.74 Å². The Balaban J connectivity index is 2.01. The Hall–Kier alpha value is -0.120. The number of hydrogen-bond donors (Lipinski definition) is 1. The molecule has 0 radical (unpaired) electrons. The maximum atomic E-state index is 10.6. The highest BCUT2D eigenvalue weighted by atomic mass is 16.5. The Morgan fingerprint density at radius 3 is 2.47 bits per heavy atom. The first-order valence-electron chi connectivity index (χ1n) is 6.87. The fraction of sp³-hybridized carbons (Fsp3) is 1.00. The molecule has 0 amide bonds. The molecule has 17 heavy (non-hydrogen) atoms. The monoisotopic (exact) mass is 241 g/mol. The third kappa shape index (κ3) is 2.38. The van der Waals surface area contributed by atoms with Gasteiger partial charge in [0.25, 0.3) is 0 Å². The van der Waals surface area contributed by atoms with Crippen molar-refractivity contribution in [2.45, 2.75) is 63.2 Å². The second-order valence-electron chi connectivity index (χ2n) is 6.63. The topological polar surface area (TPSA) is 32.7 Å². The van der Waals surface area contributed by atoms with Crippen molar-refractivity contribution in [1.82, 2.24) is 4.90 Å². The molecule has 0 aromatic heterocycles. The zero-order valence-electron chi connectivity index (χ0n) is 11.7. The molecule has 1 aliphatic carbocycles. The van der Waals surface area contributed by atoms with Crippen LogP contribution < -0.4 is 0 Å². The fourth-order valence-corrected chi connectivity index (χ4v) is 3.10. The molecular weight excluding hydrogens is 214 g/mol. The normalized spacial score (nSPS) is 30.4. The van der Waals surface area contributed by atoms with Crippen LogP contribution in [-0.4, -0.2) is 48.0 Å². The van der Waals surface area contributed by atoms with Crippen molar-refractivity contribution in [2.75, 3.05) is 20.7 Å². The average Bonchev–Trinajstić information content (AvgIpc) is 2.26. The Morgan fingerprint density at radius 1 is 1.35 bits per heavy atom. The van der Waals surface area contributed by atoms with E-state index >= 15 is 0 Å². The Labute approximate surface area is 105 Å². The quantitative estimate of drug-likeness (QED) is 0.820. The molecule has 2 atom stereocenters. The Morgan fingerprint density at radius 2 is 2.00 bits per heavy atom. The van der Waals surface area contributed by atoms with Crippen molar-refractivity contribution >= 4 is 0 Å². The third-order valence-corrected chi connectivity index (χ3v) is 5.12. The first-order valence-corrected chi connectivity index (χ1v) is 6.87. The average molecular weight is 241 g/mol. The summed E-state index contributed by atoms with van der Waals surface area (Å²) in [6, 6.07) is 0. The van der Waals surface area contributed by atoms with Crippen LogP contribution in [0.2, 0.25) is 0 Å². The zero-order valence-corrected chi connectivity index (χ0v) is 11.7. The van der Waals surface area contributed by atoms with Gasteiger partial charge in [-0.1, -0.05) is 0 Å². The lowest BCUT2D eigenvalue weighted by Crippen LogP contribution is -2.56. The van der Waals surface area contributed by atoms with Gasteiger partial charge in [0.05, 0.1) is 11.7 Å². The van der Waals surface area contributed by atoms with E-state index < -0.39 is 0 Å². The summed E-state index contributed by atoms with van der Waals surface area (Å²) in [5.74, 6) is 0.390. The fourth-order valence-electron chi connectivity index (χ4n) is 3.10. The largest absolute Gasteiger partial charge is 0.391 e. The van der Waals surface area contributed by atoms with Gasteiger partial charge in [0, 0.05) is 12.1 Å². The van der Waals surface area contributed by atoms with Gasteiger partial charge in [0.1, 0.15) is 0 Å². The van der Waals surface area contributed by atoms with Crippen molar-refractivity contribution in [3.05, 3.63) is 0 Å². The number of aliphatic hydroxyl groups is 1. The van der Waals surface area contributed by atoms with E-state index in [1.54, 1.807) is 0 Å². The number of aliphatic hydroxyl groups excluding tert-OH is 1. The second kappa shape index (κ2) is 4.52. The Bertz CT molecular complexity index is 271. The van der Waals surface area contributed by atoms with Gasteiger partial charge in [0.2, 0.25) is 0 Å². The van der Waals surface area contributed by atoms with Gasteiger partial charge >= 0.3 is 0 Å². The minimum Gasteiger partial charge on any atom is -0.391 e. The van der Waals surface area contributed by atoms with Gasteiger partial charge in [-0.2, -0.15) is 0 Å². The molecule has 3 nitrogen and oxygen atoms in total. The lowest BCUT2D eigenvalue weighted by Gasteiger charge is -2.50. The van der Waals surface area contributed by atoms with E-state index in [0.717, 1.165) is 19.4 Å². The standard InChI is InChI=1S/C14H27NO2/c1-13(2,15(3)4)12(16)11-6-9-17-14(10-11)7-5-8-14/h11-12,16H,5-10H2,1-4H3. The van der Waals surface area contributed by atoms with Gasteiger partial charge in [-0.15, -0.1) is 0 Å². The molecule has 0 aromatic carbocycles. The van der Waals surface area contributed by atoms with Crippen LogP contribution >= 0.6 is 0 Å². The first kappa shape index (κ1) is 13.3. The highest BCUT2D eigenvalue weighted by Crippen LogP contribution is 2.46. The molecule has 0 aromatic rings. The minimum atomic E-state index is -0.265. The van der Waals surface area contributed by atoms with Crippen molar-refractivity contribution in [1.29, 1.82) is 0 Å². The van der Waals surface area contributed by atoms with Crippen LogP contribution in [0.3, 0.4) is 0 Å². The molecule has 1 N–H and O–H groups in total. The molecule has 100 valence electrons. The molecule has 2 aliphatic rings. The summed E-state index contributed by atoms with van der Waals surface area (Å²) < 4.78 is 5.93. The molecule has 2 fully saturated rings. The summed E-state index contributed by atoms with van der Waals surface area (Å²) in [5.41, 5.74) is -0.0285. The summed E-state index contributed by atoms with van der Waals surface area (Å²) in [5, 5.41) is 10.6. The van der Waals surface area contributed by atoms with Gasteiger partial charge in [-0.25, -0.2) is 0 Å². The minimum absolute atomic E-state index is 0.131. The van der Waals surface area contributed by atoms with E-state index in [1.165, 1.54) is 19.3 Å². The number of rotatable bonds is 3. The predicted octanol–water partition coefficient (Wildman–Crippen LogP) is 2.04. The lowest BCUT2D eigenvalue weighted by atomic mass is 9.68. The van der Waals surface area contributed by atoms with Crippen LogP contribution in [0.4, 0.5) is 0 Å². The summed E-state index contributed by atoms with van der Waals surface area (Å²) in [4.78, 5) is 2.13. The molecule has 2 unspecified atom stereocenters. The van der Waals surface area contributed by atoms with Crippen LogP contribution in [0, 0.1) is 5.92 Å². The van der Waals surface area contributed by atoms with Crippen LogP contribution in [0.1, 0.15) is 46.0 Å². The molecule has 1 saturated carbocycles. The number of hydrogen-bond acceptors (Lipinski definition) is 3. The zero-order chi connectivity index (χ0) is 12.7. The molecule has 1 saturated heterocycles. The van der Waals surface area contributed by atoms with E-state index in [0.29, 0.717) is 5.92 Å². The molecule has 2 rings (SSSR count). The summed E-state index contributed by atoms with van der Waals surface area (Å²) in [7, 11) is 4.09.